The summed E-state index contributed by atoms with van der Waals surface area (Å²) in [6.45, 7) is 3.66. The van der Waals surface area contributed by atoms with E-state index in [4.69, 9.17) is 0 Å². The van der Waals surface area contributed by atoms with Crippen LogP contribution in [0, 0.1) is 0 Å². The Hall–Kier alpha value is -0.720. The summed E-state index contributed by atoms with van der Waals surface area (Å²) in [6, 6.07) is 0. The molecule has 0 heterocycles. The van der Waals surface area contributed by atoms with E-state index in [0.717, 1.165) is 0 Å². The SMILES string of the molecule is C=CN/C1=C/CCCCCC1. The maximum absolute atomic E-state index is 3.66. The third-order valence-corrected chi connectivity index (χ3v) is 2.08. The molecular formula is C10H17N. The summed E-state index contributed by atoms with van der Waals surface area (Å²) < 4.78 is 0. The Morgan fingerprint density at radius 1 is 1.27 bits per heavy atom. The van der Waals surface area contributed by atoms with Crippen LogP contribution in [0.25, 0.3) is 0 Å². The predicted molar refractivity (Wildman–Crippen MR) is 49.1 cm³/mol. The Balaban J connectivity index is 2.38. The molecule has 0 saturated carbocycles. The molecule has 0 aromatic rings. The van der Waals surface area contributed by atoms with Gasteiger partial charge in [0.25, 0.3) is 0 Å². The average molecular weight is 151 g/mol. The Labute approximate surface area is 69.2 Å². The van der Waals surface area contributed by atoms with Crippen molar-refractivity contribution in [2.45, 2.75) is 38.5 Å². The quantitative estimate of drug-likeness (QED) is 0.639. The lowest BCUT2D eigenvalue weighted by molar-refractivity contribution is 0.613. The average Bonchev–Trinajstić information content (AvgIpc) is 1.94. The smallest absolute Gasteiger partial charge is 0.0105 e. The van der Waals surface area contributed by atoms with E-state index in [0.29, 0.717) is 0 Å². The predicted octanol–water partition coefficient (Wildman–Crippen LogP) is 2.96. The van der Waals surface area contributed by atoms with E-state index in [9.17, 15) is 0 Å². The van der Waals surface area contributed by atoms with Crippen LogP contribution in [0.2, 0.25) is 0 Å². The molecule has 0 spiro atoms. The summed E-state index contributed by atoms with van der Waals surface area (Å²) in [5.41, 5.74) is 1.36. The molecule has 0 aromatic carbocycles. The van der Waals surface area contributed by atoms with Gasteiger partial charge >= 0.3 is 0 Å². The zero-order chi connectivity index (χ0) is 7.94. The summed E-state index contributed by atoms with van der Waals surface area (Å²) in [5.74, 6) is 0. The largest absolute Gasteiger partial charge is 0.366 e. The molecule has 0 atom stereocenters. The molecule has 0 bridgehead atoms. The zero-order valence-electron chi connectivity index (χ0n) is 7.10. The van der Waals surface area contributed by atoms with E-state index < -0.39 is 0 Å². The van der Waals surface area contributed by atoms with Crippen molar-refractivity contribution in [3.05, 3.63) is 24.6 Å². The maximum atomic E-state index is 3.66. The molecule has 62 valence electrons. The van der Waals surface area contributed by atoms with Gasteiger partial charge in [-0.25, -0.2) is 0 Å². The maximum Gasteiger partial charge on any atom is 0.0105 e. The molecule has 1 nitrogen and oxygen atoms in total. The van der Waals surface area contributed by atoms with Crippen molar-refractivity contribution in [1.82, 2.24) is 5.32 Å². The normalized spacial score (nSPS) is 24.2. The minimum atomic E-state index is 1.20. The summed E-state index contributed by atoms with van der Waals surface area (Å²) in [6.07, 6.45) is 12.0. The van der Waals surface area contributed by atoms with Gasteiger partial charge in [-0.3, -0.25) is 0 Å². The number of hydrogen-bond donors (Lipinski definition) is 1. The molecule has 0 saturated heterocycles. The van der Waals surface area contributed by atoms with E-state index in [1.165, 1.54) is 44.2 Å². The highest BCUT2D eigenvalue weighted by molar-refractivity contribution is 5.02. The molecular weight excluding hydrogens is 134 g/mol. The van der Waals surface area contributed by atoms with Gasteiger partial charge in [0.05, 0.1) is 0 Å². The summed E-state index contributed by atoms with van der Waals surface area (Å²) >= 11 is 0. The highest BCUT2D eigenvalue weighted by Gasteiger charge is 1.98. The number of hydrogen-bond acceptors (Lipinski definition) is 1. The fraction of sp³-hybridized carbons (Fsp3) is 0.600. The number of rotatable bonds is 2. The molecule has 1 aliphatic rings. The first-order valence-corrected chi connectivity index (χ1v) is 4.50. The van der Waals surface area contributed by atoms with Crippen molar-refractivity contribution in [2.75, 3.05) is 0 Å². The van der Waals surface area contributed by atoms with Gasteiger partial charge in [0, 0.05) is 5.70 Å². The van der Waals surface area contributed by atoms with Crippen LogP contribution in [0.15, 0.2) is 24.6 Å². The van der Waals surface area contributed by atoms with Crippen LogP contribution >= 0.6 is 0 Å². The number of nitrogens with one attached hydrogen (secondary N) is 1. The van der Waals surface area contributed by atoms with Crippen molar-refractivity contribution < 1.29 is 0 Å². The van der Waals surface area contributed by atoms with Crippen molar-refractivity contribution >= 4 is 0 Å². The van der Waals surface area contributed by atoms with Crippen molar-refractivity contribution in [1.29, 1.82) is 0 Å². The van der Waals surface area contributed by atoms with Gasteiger partial charge in [-0.15, -0.1) is 0 Å². The topological polar surface area (TPSA) is 12.0 Å². The minimum Gasteiger partial charge on any atom is -0.366 e. The van der Waals surface area contributed by atoms with Crippen LogP contribution in [0.5, 0.6) is 0 Å². The van der Waals surface area contributed by atoms with Crippen LogP contribution in [0.1, 0.15) is 38.5 Å². The van der Waals surface area contributed by atoms with Gasteiger partial charge in [-0.2, -0.15) is 0 Å². The molecule has 0 radical (unpaired) electrons. The molecule has 1 heteroatoms. The van der Waals surface area contributed by atoms with Gasteiger partial charge in [0.2, 0.25) is 0 Å². The van der Waals surface area contributed by atoms with Crippen LogP contribution in [0.3, 0.4) is 0 Å². The standard InChI is InChI=1S/C10H17N/c1-2-11-10-8-6-4-3-5-7-9-10/h2,8,11H,1,3-7,9H2/b10-8+. The fourth-order valence-corrected chi connectivity index (χ4v) is 1.45. The van der Waals surface area contributed by atoms with Gasteiger partial charge < -0.3 is 5.32 Å². The molecule has 0 fully saturated rings. The van der Waals surface area contributed by atoms with Crippen LogP contribution in [-0.4, -0.2) is 0 Å². The molecule has 1 N–H and O–H groups in total. The van der Waals surface area contributed by atoms with Crippen LogP contribution in [0.4, 0.5) is 0 Å². The van der Waals surface area contributed by atoms with Gasteiger partial charge in [0.1, 0.15) is 0 Å². The third kappa shape index (κ3) is 3.26. The van der Waals surface area contributed by atoms with Crippen molar-refractivity contribution in [2.24, 2.45) is 0 Å². The molecule has 0 aromatic heterocycles. The Bertz CT molecular complexity index is 147. The first-order chi connectivity index (χ1) is 5.43. The second kappa shape index (κ2) is 5.00. The first-order valence-electron chi connectivity index (χ1n) is 4.50. The highest BCUT2D eigenvalue weighted by atomic mass is 14.8. The van der Waals surface area contributed by atoms with Crippen molar-refractivity contribution in [3.8, 4) is 0 Å². The summed E-state index contributed by atoms with van der Waals surface area (Å²) in [5, 5.41) is 3.18. The zero-order valence-corrected chi connectivity index (χ0v) is 7.10. The van der Waals surface area contributed by atoms with E-state index in [-0.39, 0.29) is 0 Å². The first kappa shape index (κ1) is 8.38. The molecule has 1 aliphatic carbocycles. The molecule has 1 rings (SSSR count). The lowest BCUT2D eigenvalue weighted by Crippen LogP contribution is -2.05. The molecule has 0 amide bonds. The van der Waals surface area contributed by atoms with Crippen LogP contribution < -0.4 is 5.32 Å². The molecule has 11 heavy (non-hydrogen) atoms. The fourth-order valence-electron chi connectivity index (χ4n) is 1.45. The lowest BCUT2D eigenvalue weighted by atomic mass is 10.0. The lowest BCUT2D eigenvalue weighted by Gasteiger charge is -2.10. The van der Waals surface area contributed by atoms with Crippen molar-refractivity contribution in [3.63, 3.8) is 0 Å². The van der Waals surface area contributed by atoms with E-state index in [1.807, 2.05) is 0 Å². The minimum absolute atomic E-state index is 1.20. The Morgan fingerprint density at radius 2 is 2.09 bits per heavy atom. The molecule has 0 aliphatic heterocycles. The number of allylic oxidation sites excluding steroid dienone is 2. The van der Waals surface area contributed by atoms with Crippen LogP contribution in [-0.2, 0) is 0 Å². The molecule has 0 unspecified atom stereocenters. The van der Waals surface area contributed by atoms with E-state index in [1.54, 1.807) is 6.20 Å². The summed E-state index contributed by atoms with van der Waals surface area (Å²) in [4.78, 5) is 0. The Morgan fingerprint density at radius 3 is 2.91 bits per heavy atom. The van der Waals surface area contributed by atoms with Gasteiger partial charge in [-0.05, 0) is 31.9 Å². The van der Waals surface area contributed by atoms with E-state index in [2.05, 4.69) is 18.0 Å². The van der Waals surface area contributed by atoms with Gasteiger partial charge in [0.15, 0.2) is 0 Å². The monoisotopic (exact) mass is 151 g/mol. The second-order valence-electron chi connectivity index (χ2n) is 3.03. The van der Waals surface area contributed by atoms with E-state index >= 15 is 0 Å². The highest BCUT2D eigenvalue weighted by Crippen LogP contribution is 2.14. The third-order valence-electron chi connectivity index (χ3n) is 2.08. The van der Waals surface area contributed by atoms with Gasteiger partial charge in [-0.1, -0.05) is 25.5 Å². The second-order valence-corrected chi connectivity index (χ2v) is 3.03. The Kier molecular flexibility index (Phi) is 3.81. The summed E-state index contributed by atoms with van der Waals surface area (Å²) in [7, 11) is 0.